The summed E-state index contributed by atoms with van der Waals surface area (Å²) in [5, 5.41) is -0.0896. The number of sulfone groups is 1. The van der Waals surface area contributed by atoms with Crippen LogP contribution in [0, 0.1) is 4.78 Å². The van der Waals surface area contributed by atoms with E-state index in [0.29, 0.717) is 16.2 Å². The second kappa shape index (κ2) is 6.97. The minimum atomic E-state index is -3.43. The van der Waals surface area contributed by atoms with Crippen LogP contribution < -0.4 is 0 Å². The van der Waals surface area contributed by atoms with Crippen molar-refractivity contribution in [2.45, 2.75) is 11.8 Å². The first kappa shape index (κ1) is 18.2. The van der Waals surface area contributed by atoms with Gasteiger partial charge in [-0.15, -0.1) is 0 Å². The molecule has 8 heteroatoms. The Morgan fingerprint density at radius 2 is 2.05 bits per heavy atom. The molecule has 0 fully saturated rings. The molecule has 0 bridgehead atoms. The molecule has 1 heterocycles. The zero-order valence-corrected chi connectivity index (χ0v) is 14.4. The molecule has 0 aliphatic heterocycles. The van der Waals surface area contributed by atoms with E-state index in [2.05, 4.69) is 16.6 Å². The molecule has 1 aromatic rings. The van der Waals surface area contributed by atoms with Crippen molar-refractivity contribution in [2.75, 3.05) is 19.1 Å². The summed E-state index contributed by atoms with van der Waals surface area (Å²) in [7, 11) is -5.00. The summed E-state index contributed by atoms with van der Waals surface area (Å²) in [6.45, 7) is 5.48. The summed E-state index contributed by atoms with van der Waals surface area (Å²) in [6.07, 6.45) is 5.32. The Bertz CT molecular complexity index is 836. The Morgan fingerprint density at radius 1 is 1.41 bits per heavy atom. The van der Waals surface area contributed by atoms with E-state index in [4.69, 9.17) is 4.78 Å². The van der Waals surface area contributed by atoms with E-state index >= 15 is 0 Å². The third kappa shape index (κ3) is 4.35. The van der Waals surface area contributed by atoms with E-state index in [1.54, 1.807) is 19.1 Å². The van der Waals surface area contributed by atoms with Gasteiger partial charge in [-0.05, 0) is 23.8 Å². The number of aliphatic imine (C=N–C) groups is 1. The van der Waals surface area contributed by atoms with Crippen LogP contribution >= 0.6 is 0 Å². The largest absolute Gasteiger partial charge is 0.277 e. The molecule has 1 rings (SSSR count). The molecule has 0 radical (unpaired) electrons. The summed E-state index contributed by atoms with van der Waals surface area (Å²) in [5.41, 5.74) is 0.693. The number of allylic oxidation sites excluding steroid dienone is 2. The van der Waals surface area contributed by atoms with Crippen LogP contribution in [-0.4, -0.2) is 41.7 Å². The number of rotatable bonds is 5. The third-order valence-electron chi connectivity index (χ3n) is 2.86. The maximum Gasteiger partial charge on any atom is 0.192 e. The molecule has 1 aromatic heterocycles. The predicted molar refractivity (Wildman–Crippen MR) is 90.3 cm³/mol. The number of hydrogen-bond acceptors (Lipinski definition) is 6. The fraction of sp³-hybridized carbons (Fsp3) is 0.286. The fourth-order valence-electron chi connectivity index (χ4n) is 1.67. The minimum absolute atomic E-state index is 0.0896. The lowest BCUT2D eigenvalue weighted by atomic mass is 10.2. The first-order valence-corrected chi connectivity index (χ1v) is 10.0. The Balaban J connectivity index is 3.27. The molecule has 1 unspecified atom stereocenters. The number of aromatic nitrogens is 1. The third-order valence-corrected chi connectivity index (χ3v) is 5.80. The summed E-state index contributed by atoms with van der Waals surface area (Å²) in [6, 6.07) is 3.18. The molecule has 1 atom stereocenters. The molecule has 0 amide bonds. The van der Waals surface area contributed by atoms with E-state index in [-0.39, 0.29) is 10.8 Å². The van der Waals surface area contributed by atoms with Gasteiger partial charge >= 0.3 is 0 Å². The van der Waals surface area contributed by atoms with E-state index in [9.17, 15) is 12.6 Å². The van der Waals surface area contributed by atoms with Gasteiger partial charge in [0.25, 0.3) is 0 Å². The molecule has 22 heavy (non-hydrogen) atoms. The van der Waals surface area contributed by atoms with Crippen LogP contribution in [0.3, 0.4) is 0 Å². The molecule has 0 spiro atoms. The van der Waals surface area contributed by atoms with E-state index in [1.807, 2.05) is 0 Å². The van der Waals surface area contributed by atoms with Gasteiger partial charge in [0.1, 0.15) is 5.04 Å². The molecule has 0 saturated heterocycles. The molecule has 1 N–H and O–H groups in total. The minimum Gasteiger partial charge on any atom is -0.277 e. The zero-order valence-electron chi connectivity index (χ0n) is 12.7. The maximum atomic E-state index is 12.3. The molecular formula is C14H19N3O3S2. The number of nitrogens with one attached hydrogen (secondary N) is 1. The van der Waals surface area contributed by atoms with Crippen molar-refractivity contribution in [1.82, 2.24) is 4.98 Å². The predicted octanol–water partition coefficient (Wildman–Crippen LogP) is 2.15. The van der Waals surface area contributed by atoms with Gasteiger partial charge in [0, 0.05) is 25.3 Å². The Kier molecular flexibility index (Phi) is 5.78. The van der Waals surface area contributed by atoms with Gasteiger partial charge in [-0.1, -0.05) is 19.6 Å². The van der Waals surface area contributed by atoms with E-state index in [1.165, 1.54) is 25.4 Å². The second-order valence-electron chi connectivity index (χ2n) is 4.51. The molecule has 0 aromatic carbocycles. The van der Waals surface area contributed by atoms with Gasteiger partial charge in [0.2, 0.25) is 0 Å². The molecule has 0 saturated carbocycles. The molecular weight excluding hydrogens is 322 g/mol. The highest BCUT2D eigenvalue weighted by Crippen LogP contribution is 2.22. The first-order valence-electron chi connectivity index (χ1n) is 6.39. The Hall–Kier alpha value is -1.80. The van der Waals surface area contributed by atoms with Crippen molar-refractivity contribution in [2.24, 2.45) is 4.99 Å². The zero-order chi connectivity index (χ0) is 17.0. The summed E-state index contributed by atoms with van der Waals surface area (Å²) in [5.74, 6) is 0.160. The number of hydrogen-bond donors (Lipinski definition) is 1. The van der Waals surface area contributed by atoms with Crippen molar-refractivity contribution in [3.05, 3.63) is 42.8 Å². The lowest BCUT2D eigenvalue weighted by molar-refractivity contribution is 0.612. The Morgan fingerprint density at radius 3 is 2.55 bits per heavy atom. The van der Waals surface area contributed by atoms with Gasteiger partial charge in [0.15, 0.2) is 9.84 Å². The monoisotopic (exact) mass is 341 g/mol. The van der Waals surface area contributed by atoms with Gasteiger partial charge in [-0.3, -0.25) is 9.98 Å². The SMILES string of the molecule is C=C(/C=C\C(=N/C)S(C)(=O)=O)c1ncccc1S(=N)(=O)CC. The van der Waals surface area contributed by atoms with Crippen molar-refractivity contribution >= 4 is 30.2 Å². The maximum absolute atomic E-state index is 12.3. The van der Waals surface area contributed by atoms with Crippen LogP contribution in [0.2, 0.25) is 0 Å². The average molecular weight is 341 g/mol. The van der Waals surface area contributed by atoms with Crippen LogP contribution in [0.15, 0.2) is 46.9 Å². The quantitative estimate of drug-likeness (QED) is 0.504. The molecule has 0 aliphatic rings. The van der Waals surface area contributed by atoms with Gasteiger partial charge in [0.05, 0.1) is 20.3 Å². The molecule has 0 aliphatic carbocycles. The van der Waals surface area contributed by atoms with Crippen molar-refractivity contribution in [3.8, 4) is 0 Å². The number of pyridine rings is 1. The van der Waals surface area contributed by atoms with E-state index in [0.717, 1.165) is 6.26 Å². The van der Waals surface area contributed by atoms with Crippen molar-refractivity contribution in [3.63, 3.8) is 0 Å². The highest BCUT2D eigenvalue weighted by atomic mass is 32.2. The lowest BCUT2D eigenvalue weighted by Gasteiger charge is -2.10. The molecule has 6 nitrogen and oxygen atoms in total. The smallest absolute Gasteiger partial charge is 0.192 e. The standard InChI is InChI=1S/C14H19N3O3S2/c1-5-22(15,20)12-7-6-10-17-14(12)11(2)8-9-13(16-3)21(4,18)19/h6-10,15H,2,5H2,1,3-4H3/b9-8-,16-13+. The topological polar surface area (TPSA) is 100 Å². The van der Waals surface area contributed by atoms with Crippen molar-refractivity contribution in [1.29, 1.82) is 4.78 Å². The summed E-state index contributed by atoms with van der Waals surface area (Å²) < 4.78 is 43.1. The second-order valence-corrected chi connectivity index (χ2v) is 8.84. The van der Waals surface area contributed by atoms with Crippen LogP contribution in [0.1, 0.15) is 12.6 Å². The normalized spacial score (nSPS) is 15.7. The Labute approximate surface area is 131 Å². The summed E-state index contributed by atoms with van der Waals surface area (Å²) in [4.78, 5) is 8.11. The fourth-order valence-corrected chi connectivity index (χ4v) is 3.42. The number of nitrogens with zero attached hydrogens (tertiary/aromatic N) is 2. The highest BCUT2D eigenvalue weighted by Gasteiger charge is 2.15. The highest BCUT2D eigenvalue weighted by molar-refractivity contribution is 8.06. The van der Waals surface area contributed by atoms with Crippen LogP contribution in [0.25, 0.3) is 5.57 Å². The van der Waals surface area contributed by atoms with Crippen LogP contribution in [-0.2, 0) is 19.6 Å². The summed E-state index contributed by atoms with van der Waals surface area (Å²) >= 11 is 0. The molecule has 120 valence electrons. The van der Waals surface area contributed by atoms with Crippen LogP contribution in [0.4, 0.5) is 0 Å². The van der Waals surface area contributed by atoms with Gasteiger partial charge < -0.3 is 0 Å². The van der Waals surface area contributed by atoms with Crippen LogP contribution in [0.5, 0.6) is 0 Å². The van der Waals surface area contributed by atoms with Gasteiger partial charge in [-0.2, -0.15) is 0 Å². The van der Waals surface area contributed by atoms with E-state index < -0.39 is 19.6 Å². The first-order chi connectivity index (χ1) is 10.1. The lowest BCUT2D eigenvalue weighted by Crippen LogP contribution is -2.10. The average Bonchev–Trinajstić information content (AvgIpc) is 2.46. The van der Waals surface area contributed by atoms with Gasteiger partial charge in [-0.25, -0.2) is 17.4 Å². The van der Waals surface area contributed by atoms with Crippen molar-refractivity contribution < 1.29 is 12.6 Å².